The zero-order chi connectivity index (χ0) is 25.8. The van der Waals surface area contributed by atoms with Crippen LogP contribution < -0.4 is 15.4 Å². The number of aromatic hydroxyl groups is 1. The number of ether oxygens (including phenoxy) is 1. The number of para-hydroxylation sites is 2. The van der Waals surface area contributed by atoms with Crippen LogP contribution >= 0.6 is 12.2 Å². The lowest BCUT2D eigenvalue weighted by molar-refractivity contribution is -0.116. The summed E-state index contributed by atoms with van der Waals surface area (Å²) >= 11 is 5.76. The van der Waals surface area contributed by atoms with E-state index in [1.54, 1.807) is 31.5 Å². The maximum atomic E-state index is 12.9. The Morgan fingerprint density at radius 2 is 1.86 bits per heavy atom. The van der Waals surface area contributed by atoms with E-state index in [9.17, 15) is 9.90 Å². The Balaban J connectivity index is 1.43. The SMILES string of the molecule is COc1ccccc1NC(=O)CCN1C(=S)N[C@H](c2ccccn2)[C@@H]1c1cccn1-c1ccc(O)cc1. The molecular weight excluding hydrogens is 486 g/mol. The van der Waals surface area contributed by atoms with Gasteiger partial charge in [0.1, 0.15) is 11.5 Å². The molecule has 5 rings (SSSR count). The number of nitrogens with one attached hydrogen (secondary N) is 2. The summed E-state index contributed by atoms with van der Waals surface area (Å²) in [6, 6.07) is 23.8. The van der Waals surface area contributed by atoms with Crippen molar-refractivity contribution in [1.29, 1.82) is 0 Å². The number of anilines is 1. The van der Waals surface area contributed by atoms with Crippen molar-refractivity contribution in [1.82, 2.24) is 19.8 Å². The molecule has 9 heteroatoms. The third-order valence-electron chi connectivity index (χ3n) is 6.37. The number of carbonyl (C=O) groups excluding carboxylic acids is 1. The van der Waals surface area contributed by atoms with Crippen LogP contribution in [0, 0.1) is 0 Å². The van der Waals surface area contributed by atoms with Crippen molar-refractivity contribution in [3.8, 4) is 17.2 Å². The third-order valence-corrected chi connectivity index (χ3v) is 6.72. The monoisotopic (exact) mass is 513 g/mol. The van der Waals surface area contributed by atoms with Crippen LogP contribution in [-0.2, 0) is 4.79 Å². The number of nitrogens with zero attached hydrogens (tertiary/aromatic N) is 3. The minimum Gasteiger partial charge on any atom is -0.508 e. The van der Waals surface area contributed by atoms with Gasteiger partial charge in [0.25, 0.3) is 0 Å². The fourth-order valence-corrected chi connectivity index (χ4v) is 4.97. The second-order valence-corrected chi connectivity index (χ2v) is 9.02. The normalized spacial score (nSPS) is 16.9. The summed E-state index contributed by atoms with van der Waals surface area (Å²) in [4.78, 5) is 19.5. The van der Waals surface area contributed by atoms with Gasteiger partial charge in [-0.2, -0.15) is 0 Å². The minimum atomic E-state index is -0.217. The molecule has 188 valence electrons. The second-order valence-electron chi connectivity index (χ2n) is 8.64. The highest BCUT2D eigenvalue weighted by Crippen LogP contribution is 2.39. The Morgan fingerprint density at radius 3 is 2.62 bits per heavy atom. The van der Waals surface area contributed by atoms with Crippen molar-refractivity contribution in [3.63, 3.8) is 0 Å². The largest absolute Gasteiger partial charge is 0.508 e. The Labute approximate surface area is 220 Å². The molecule has 1 amide bonds. The zero-order valence-corrected chi connectivity index (χ0v) is 21.1. The molecule has 3 N–H and O–H groups in total. The molecule has 0 bridgehead atoms. The number of thiocarbonyl (C=S) groups is 1. The lowest BCUT2D eigenvalue weighted by atomic mass is 10.0. The molecule has 2 atom stereocenters. The highest BCUT2D eigenvalue weighted by atomic mass is 32.1. The van der Waals surface area contributed by atoms with Crippen LogP contribution in [0.3, 0.4) is 0 Å². The molecule has 0 aliphatic carbocycles. The van der Waals surface area contributed by atoms with E-state index in [0.29, 0.717) is 23.1 Å². The molecule has 1 fully saturated rings. The van der Waals surface area contributed by atoms with Crippen LogP contribution in [0.25, 0.3) is 5.69 Å². The summed E-state index contributed by atoms with van der Waals surface area (Å²) in [5.74, 6) is 0.672. The van der Waals surface area contributed by atoms with Crippen molar-refractivity contribution in [2.24, 2.45) is 0 Å². The van der Waals surface area contributed by atoms with E-state index in [1.807, 2.05) is 71.8 Å². The number of hydrogen-bond acceptors (Lipinski definition) is 5. The molecular formula is C28H27N5O3S. The zero-order valence-electron chi connectivity index (χ0n) is 20.2. The smallest absolute Gasteiger partial charge is 0.226 e. The quantitative estimate of drug-likeness (QED) is 0.297. The number of methoxy groups -OCH3 is 1. The van der Waals surface area contributed by atoms with Gasteiger partial charge < -0.3 is 29.9 Å². The number of aromatic nitrogens is 2. The number of hydrogen-bond donors (Lipinski definition) is 3. The van der Waals surface area contributed by atoms with Gasteiger partial charge in [0.2, 0.25) is 5.91 Å². The average Bonchev–Trinajstić information content (AvgIpc) is 3.53. The standard InChI is InChI=1S/C28H27N5O3S/c1-36-24-10-3-2-7-21(24)30-25(35)15-18-33-27(26(31-28(33)37)22-8-4-5-16-29-22)23-9-6-17-32(23)19-11-13-20(34)14-12-19/h2-14,16-17,26-27,34H,15,18H2,1H3,(H,30,35)(H,31,37)/t26-,27+/m1/s1. The van der Waals surface area contributed by atoms with Crippen LogP contribution in [0.4, 0.5) is 5.69 Å². The van der Waals surface area contributed by atoms with Gasteiger partial charge in [-0.1, -0.05) is 18.2 Å². The van der Waals surface area contributed by atoms with E-state index >= 15 is 0 Å². The van der Waals surface area contributed by atoms with E-state index in [-0.39, 0.29) is 30.2 Å². The van der Waals surface area contributed by atoms with Gasteiger partial charge in [-0.3, -0.25) is 9.78 Å². The van der Waals surface area contributed by atoms with E-state index in [0.717, 1.165) is 17.1 Å². The maximum Gasteiger partial charge on any atom is 0.226 e. The van der Waals surface area contributed by atoms with Crippen LogP contribution in [0.1, 0.15) is 29.9 Å². The number of benzene rings is 2. The second kappa shape index (κ2) is 10.7. The number of phenols is 1. The summed E-state index contributed by atoms with van der Waals surface area (Å²) in [6.07, 6.45) is 3.97. The van der Waals surface area contributed by atoms with Crippen molar-refractivity contribution < 1.29 is 14.6 Å². The molecule has 3 heterocycles. The predicted molar refractivity (Wildman–Crippen MR) is 146 cm³/mol. The summed E-state index contributed by atoms with van der Waals surface area (Å²) in [5, 5.41) is 16.7. The molecule has 0 saturated carbocycles. The molecule has 8 nitrogen and oxygen atoms in total. The van der Waals surface area contributed by atoms with Crippen LogP contribution in [0.15, 0.2) is 91.3 Å². The van der Waals surface area contributed by atoms with Crippen LogP contribution in [0.5, 0.6) is 11.5 Å². The molecule has 0 unspecified atom stereocenters. The average molecular weight is 514 g/mol. The summed E-state index contributed by atoms with van der Waals surface area (Å²) in [6.45, 7) is 0.404. The van der Waals surface area contributed by atoms with Gasteiger partial charge in [0.05, 0.1) is 30.6 Å². The van der Waals surface area contributed by atoms with Crippen molar-refractivity contribution >= 4 is 28.9 Å². The Morgan fingerprint density at radius 1 is 1.08 bits per heavy atom. The van der Waals surface area contributed by atoms with Gasteiger partial charge >= 0.3 is 0 Å². The van der Waals surface area contributed by atoms with Gasteiger partial charge in [-0.05, 0) is 72.9 Å². The molecule has 2 aromatic heterocycles. The summed E-state index contributed by atoms with van der Waals surface area (Å²) in [7, 11) is 1.57. The number of rotatable bonds is 8. The minimum absolute atomic E-state index is 0.138. The highest BCUT2D eigenvalue weighted by Gasteiger charge is 2.41. The predicted octanol–water partition coefficient (Wildman–Crippen LogP) is 4.59. The molecule has 4 aromatic rings. The van der Waals surface area contributed by atoms with Crippen molar-refractivity contribution in [2.45, 2.75) is 18.5 Å². The lowest BCUT2D eigenvalue weighted by Gasteiger charge is -2.29. The first-order valence-electron chi connectivity index (χ1n) is 11.9. The fraction of sp³-hybridized carbons (Fsp3) is 0.179. The summed E-state index contributed by atoms with van der Waals surface area (Å²) < 4.78 is 7.42. The van der Waals surface area contributed by atoms with E-state index in [1.165, 1.54) is 0 Å². The topological polar surface area (TPSA) is 91.7 Å². The first-order chi connectivity index (χ1) is 18.0. The third kappa shape index (κ3) is 5.12. The molecule has 0 spiro atoms. The maximum absolute atomic E-state index is 12.9. The van der Waals surface area contributed by atoms with Gasteiger partial charge in [-0.15, -0.1) is 0 Å². The molecule has 1 aliphatic rings. The van der Waals surface area contributed by atoms with Crippen molar-refractivity contribution in [3.05, 3.63) is 103 Å². The van der Waals surface area contributed by atoms with Crippen LogP contribution in [0.2, 0.25) is 0 Å². The first kappa shape index (κ1) is 24.3. The van der Waals surface area contributed by atoms with Crippen LogP contribution in [-0.4, -0.2) is 44.2 Å². The molecule has 1 aliphatic heterocycles. The number of carbonyl (C=O) groups is 1. The summed E-state index contributed by atoms with van der Waals surface area (Å²) in [5.41, 5.74) is 3.37. The highest BCUT2D eigenvalue weighted by molar-refractivity contribution is 7.80. The van der Waals surface area contributed by atoms with E-state index in [2.05, 4.69) is 20.2 Å². The first-order valence-corrected chi connectivity index (χ1v) is 12.3. The van der Waals surface area contributed by atoms with Gasteiger partial charge in [0.15, 0.2) is 5.11 Å². The van der Waals surface area contributed by atoms with Gasteiger partial charge in [0, 0.05) is 36.7 Å². The Kier molecular flexibility index (Phi) is 7.04. The van der Waals surface area contributed by atoms with Gasteiger partial charge in [-0.25, -0.2) is 0 Å². The molecule has 1 saturated heterocycles. The number of phenolic OH excluding ortho intramolecular Hbond substituents is 1. The molecule has 37 heavy (non-hydrogen) atoms. The lowest BCUT2D eigenvalue weighted by Crippen LogP contribution is -2.33. The molecule has 0 radical (unpaired) electrons. The Bertz CT molecular complexity index is 1390. The van der Waals surface area contributed by atoms with E-state index in [4.69, 9.17) is 17.0 Å². The van der Waals surface area contributed by atoms with Crippen molar-refractivity contribution in [2.75, 3.05) is 19.0 Å². The van der Waals surface area contributed by atoms with E-state index < -0.39 is 0 Å². The number of amides is 1. The Hall–Kier alpha value is -4.37. The fourth-order valence-electron chi connectivity index (χ4n) is 4.63. The number of pyridine rings is 1. The molecule has 2 aromatic carbocycles.